The van der Waals surface area contributed by atoms with Gasteiger partial charge in [0, 0.05) is 26.2 Å². The molecule has 30 heavy (non-hydrogen) atoms. The Morgan fingerprint density at radius 3 is 0.867 bits per heavy atom. The zero-order valence-electron chi connectivity index (χ0n) is 19.0. The predicted octanol–water partition coefficient (Wildman–Crippen LogP) is 4.37. The van der Waals surface area contributed by atoms with Crippen LogP contribution in [0.1, 0.15) is 62.3 Å². The fraction of sp³-hybridized carbons (Fsp3) is 0.737. The summed E-state index contributed by atoms with van der Waals surface area (Å²) in [5.41, 5.74) is -1.50. The number of hydrogen-bond acceptors (Lipinski definition) is 3. The normalized spacial score (nSPS) is 12.4. The van der Waals surface area contributed by atoms with Crippen LogP contribution in [0.2, 0.25) is 0 Å². The van der Waals surface area contributed by atoms with Gasteiger partial charge in [0.2, 0.25) is 0 Å². The first-order chi connectivity index (χ1) is 12.2. The molecule has 0 aromatic heterocycles. The van der Waals surface area contributed by atoms with Gasteiger partial charge in [-0.2, -0.15) is 0 Å². The molecule has 0 radical (unpaired) electrons. The van der Waals surface area contributed by atoms with Crippen LogP contribution >= 0.6 is 0 Å². The summed E-state index contributed by atoms with van der Waals surface area (Å²) in [5, 5.41) is 15.3. The van der Waals surface area contributed by atoms with E-state index in [4.69, 9.17) is 15.3 Å². The van der Waals surface area contributed by atoms with Gasteiger partial charge in [-0.1, -0.05) is 0 Å². The molecular weight excluding hydrogens is 554 g/mol. The SMILES string of the molecule is CC(C)(C)O.CC(C)(C)O.CC(C)(C)O.F[C](F)(F)[GeH]([c-]1cccc1)[C](F)(F)F.[Zr]. The molecule has 0 fully saturated rings. The van der Waals surface area contributed by atoms with E-state index in [9.17, 15) is 26.3 Å². The van der Waals surface area contributed by atoms with E-state index >= 15 is 0 Å². The third kappa shape index (κ3) is 38.8. The van der Waals surface area contributed by atoms with Gasteiger partial charge in [0.15, 0.2) is 0 Å². The number of alkyl halides is 6. The maximum absolute atomic E-state index is 12.1. The summed E-state index contributed by atoms with van der Waals surface area (Å²) in [7, 11) is 0. The van der Waals surface area contributed by atoms with Crippen molar-refractivity contribution < 1.29 is 67.9 Å². The molecular formula is C19H35F6GeO3Zr-. The van der Waals surface area contributed by atoms with Crippen molar-refractivity contribution in [2.24, 2.45) is 0 Å². The molecule has 180 valence electrons. The van der Waals surface area contributed by atoms with Crippen LogP contribution < -0.4 is 4.40 Å². The van der Waals surface area contributed by atoms with Crippen LogP contribution in [0.5, 0.6) is 0 Å². The van der Waals surface area contributed by atoms with E-state index in [1.54, 1.807) is 62.3 Å². The number of rotatable bonds is 1. The molecule has 0 bridgehead atoms. The maximum Gasteiger partial charge on any atom is 0 e. The molecule has 1 aromatic rings. The van der Waals surface area contributed by atoms with E-state index in [2.05, 4.69) is 0 Å². The molecule has 0 spiro atoms. The summed E-state index contributed by atoms with van der Waals surface area (Å²) in [6.07, 6.45) is 0. The Kier molecular flexibility index (Phi) is 18.0. The number of aliphatic hydroxyl groups is 3. The minimum absolute atomic E-state index is 0. The van der Waals surface area contributed by atoms with Gasteiger partial charge in [0.05, 0.1) is 16.8 Å². The molecule has 3 nitrogen and oxygen atoms in total. The van der Waals surface area contributed by atoms with E-state index in [1.807, 2.05) is 0 Å². The van der Waals surface area contributed by atoms with Crippen LogP contribution in [-0.2, 0) is 26.2 Å². The summed E-state index contributed by atoms with van der Waals surface area (Å²) in [6.45, 7) is 15.7. The summed E-state index contributed by atoms with van der Waals surface area (Å²) >= 11 is -5.46. The number of halogens is 6. The van der Waals surface area contributed by atoms with Gasteiger partial charge < -0.3 is 15.3 Å². The molecule has 0 unspecified atom stereocenters. The molecule has 0 saturated carbocycles. The second kappa shape index (κ2) is 14.4. The summed E-state index contributed by atoms with van der Waals surface area (Å²) in [4.78, 5) is 0. The van der Waals surface area contributed by atoms with Gasteiger partial charge in [-0.25, -0.2) is 0 Å². The summed E-state index contributed by atoms with van der Waals surface area (Å²) in [6, 6.07) is 4.16. The second-order valence-electron chi connectivity index (χ2n) is 9.25. The average Bonchev–Trinajstić information content (AvgIpc) is 2.69. The second-order valence-corrected chi connectivity index (χ2v) is 15.2. The number of hydrogen-bond donors (Lipinski definition) is 3. The quantitative estimate of drug-likeness (QED) is 0.259. The maximum atomic E-state index is 12.1. The fourth-order valence-electron chi connectivity index (χ4n) is 1.14. The van der Waals surface area contributed by atoms with Crippen molar-refractivity contribution in [3.8, 4) is 0 Å². The van der Waals surface area contributed by atoms with Crippen molar-refractivity contribution in [1.82, 2.24) is 0 Å². The standard InChI is InChI=1S/C7H5F6Ge.3C4H10O.Zr/c8-6(9,10)14(7(11,12)13)5-3-1-2-4-5;3*1-4(2,3)5;/h1-4,14H;3*5H,1-3H3;/q-1;;;;. The molecule has 0 saturated heterocycles. The van der Waals surface area contributed by atoms with Crippen molar-refractivity contribution in [2.75, 3.05) is 0 Å². The smallest absolute Gasteiger partial charge is 0 e. The molecule has 1 rings (SSSR count). The molecule has 3 N–H and O–H groups in total. The molecule has 0 heterocycles. The molecule has 0 aliphatic carbocycles. The summed E-state index contributed by atoms with van der Waals surface area (Å²) < 4.78 is 72.3. The van der Waals surface area contributed by atoms with Crippen molar-refractivity contribution in [1.29, 1.82) is 0 Å². The minimum Gasteiger partial charge on any atom is 0 e. The van der Waals surface area contributed by atoms with Gasteiger partial charge >= 0.3 is 79.4 Å². The van der Waals surface area contributed by atoms with E-state index in [0.717, 1.165) is 12.1 Å². The third-order valence-electron chi connectivity index (χ3n) is 1.68. The Balaban J connectivity index is -0.000000176. The van der Waals surface area contributed by atoms with E-state index in [-0.39, 0.29) is 26.2 Å². The van der Waals surface area contributed by atoms with E-state index < -0.39 is 45.6 Å². The van der Waals surface area contributed by atoms with E-state index in [0.29, 0.717) is 0 Å². The van der Waals surface area contributed by atoms with E-state index in [1.165, 1.54) is 12.1 Å². The Bertz CT molecular complexity index is 464. The van der Waals surface area contributed by atoms with Crippen LogP contribution in [0.3, 0.4) is 0 Å². The van der Waals surface area contributed by atoms with Crippen molar-refractivity contribution >= 4 is 18.7 Å². The minimum atomic E-state index is -5.46. The Hall–Kier alpha value is 0.236. The topological polar surface area (TPSA) is 60.7 Å². The first-order valence-corrected chi connectivity index (χ1v) is 12.4. The zero-order chi connectivity index (χ0) is 24.5. The molecule has 0 amide bonds. The molecule has 0 atom stereocenters. The van der Waals surface area contributed by atoms with Crippen molar-refractivity contribution in [2.45, 2.75) is 89.1 Å². The van der Waals surface area contributed by atoms with Crippen molar-refractivity contribution in [3.63, 3.8) is 0 Å². The van der Waals surface area contributed by atoms with Gasteiger partial charge in [-0.15, -0.1) is 0 Å². The monoisotopic (exact) mass is 589 g/mol. The van der Waals surface area contributed by atoms with Crippen LogP contribution in [0, 0.1) is 0 Å². The third-order valence-corrected chi connectivity index (χ3v) is 6.63. The van der Waals surface area contributed by atoms with Gasteiger partial charge in [-0.3, -0.25) is 0 Å². The predicted molar refractivity (Wildman–Crippen MR) is 107 cm³/mol. The molecule has 1 aromatic carbocycles. The van der Waals surface area contributed by atoms with Gasteiger partial charge in [0.25, 0.3) is 0 Å². The van der Waals surface area contributed by atoms with Crippen LogP contribution in [-0.4, -0.2) is 56.5 Å². The summed E-state index contributed by atoms with van der Waals surface area (Å²) in [5.74, 6) is 0. The molecule has 11 heteroatoms. The van der Waals surface area contributed by atoms with Crippen LogP contribution in [0.15, 0.2) is 24.3 Å². The molecule has 0 aliphatic heterocycles. The van der Waals surface area contributed by atoms with Crippen molar-refractivity contribution in [3.05, 3.63) is 24.3 Å². The van der Waals surface area contributed by atoms with Gasteiger partial charge in [0.1, 0.15) is 0 Å². The Labute approximate surface area is 199 Å². The zero-order valence-corrected chi connectivity index (χ0v) is 23.9. The van der Waals surface area contributed by atoms with Crippen LogP contribution in [0.4, 0.5) is 26.3 Å². The first kappa shape index (κ1) is 37.5. The largest absolute Gasteiger partial charge is 0 e. The van der Waals surface area contributed by atoms with Gasteiger partial charge in [-0.05, 0) is 62.3 Å². The van der Waals surface area contributed by atoms with Crippen LogP contribution in [0.25, 0.3) is 0 Å². The Morgan fingerprint density at radius 2 is 0.733 bits per heavy atom. The average molecular weight is 589 g/mol. The Morgan fingerprint density at radius 1 is 0.567 bits per heavy atom. The fourth-order valence-corrected chi connectivity index (χ4v) is 4.78. The molecule has 0 aliphatic rings. The first-order valence-electron chi connectivity index (χ1n) is 8.75.